The van der Waals surface area contributed by atoms with Gasteiger partial charge >= 0.3 is 5.97 Å². The molecule has 15 heavy (non-hydrogen) atoms. The van der Waals surface area contributed by atoms with Crippen LogP contribution in [0.4, 0.5) is 0 Å². The average molecular weight is 209 g/mol. The maximum atomic E-state index is 10.8. The van der Waals surface area contributed by atoms with Crippen LogP contribution in [-0.4, -0.2) is 23.2 Å². The van der Waals surface area contributed by atoms with E-state index in [9.17, 15) is 4.79 Å². The van der Waals surface area contributed by atoms with Gasteiger partial charge in [-0.2, -0.15) is 0 Å². The molecule has 0 bridgehead atoms. The fourth-order valence-electron chi connectivity index (χ4n) is 1.31. The van der Waals surface area contributed by atoms with E-state index in [4.69, 9.17) is 9.84 Å². The van der Waals surface area contributed by atoms with Crippen molar-refractivity contribution in [1.29, 1.82) is 0 Å². The van der Waals surface area contributed by atoms with Gasteiger partial charge in [0.1, 0.15) is 5.75 Å². The van der Waals surface area contributed by atoms with Crippen molar-refractivity contribution in [3.05, 3.63) is 23.5 Å². The summed E-state index contributed by atoms with van der Waals surface area (Å²) in [6.07, 6.45) is 0.747. The Hall–Kier alpha value is -1.58. The maximum Gasteiger partial charge on any atom is 0.354 e. The number of pyridine rings is 1. The molecule has 0 aromatic carbocycles. The molecule has 0 radical (unpaired) electrons. The predicted molar refractivity (Wildman–Crippen MR) is 56.3 cm³/mol. The minimum atomic E-state index is -1.03. The quantitative estimate of drug-likeness (QED) is 0.823. The van der Waals surface area contributed by atoms with Crippen LogP contribution in [0.2, 0.25) is 0 Å². The maximum absolute atomic E-state index is 10.8. The smallest absolute Gasteiger partial charge is 0.354 e. The van der Waals surface area contributed by atoms with Gasteiger partial charge in [-0.05, 0) is 12.3 Å². The van der Waals surface area contributed by atoms with Gasteiger partial charge in [0.05, 0.1) is 7.11 Å². The molecule has 0 aliphatic rings. The Bertz CT molecular complexity index is 361. The highest BCUT2D eigenvalue weighted by atomic mass is 16.5. The Labute approximate surface area is 88.9 Å². The van der Waals surface area contributed by atoms with Crippen LogP contribution in [0.15, 0.2) is 12.1 Å². The summed E-state index contributed by atoms with van der Waals surface area (Å²) in [6, 6.07) is 3.19. The van der Waals surface area contributed by atoms with Crippen molar-refractivity contribution < 1.29 is 14.6 Å². The molecule has 1 aromatic heterocycles. The summed E-state index contributed by atoms with van der Waals surface area (Å²) >= 11 is 0. The lowest BCUT2D eigenvalue weighted by molar-refractivity contribution is 0.0689. The van der Waals surface area contributed by atoms with Crippen molar-refractivity contribution in [2.24, 2.45) is 5.92 Å². The van der Waals surface area contributed by atoms with Crippen LogP contribution in [0.3, 0.4) is 0 Å². The van der Waals surface area contributed by atoms with Gasteiger partial charge in [0, 0.05) is 17.8 Å². The zero-order chi connectivity index (χ0) is 11.4. The summed E-state index contributed by atoms with van der Waals surface area (Å²) in [7, 11) is 1.51. The van der Waals surface area contributed by atoms with Crippen LogP contribution in [-0.2, 0) is 6.42 Å². The molecule has 1 rings (SSSR count). The Balaban J connectivity index is 3.05. The Morgan fingerprint density at radius 3 is 2.67 bits per heavy atom. The summed E-state index contributed by atoms with van der Waals surface area (Å²) in [5.41, 5.74) is 0.784. The standard InChI is InChI=1S/C11H15NO3/c1-7(2)4-8-5-9(15-3)6-10(12-8)11(13)14/h5-7H,4H2,1-3H3,(H,13,14). The highest BCUT2D eigenvalue weighted by Crippen LogP contribution is 2.16. The Morgan fingerprint density at radius 1 is 1.53 bits per heavy atom. The third kappa shape index (κ3) is 3.23. The predicted octanol–water partition coefficient (Wildman–Crippen LogP) is 1.99. The van der Waals surface area contributed by atoms with Crippen molar-refractivity contribution in [2.45, 2.75) is 20.3 Å². The minimum absolute atomic E-state index is 0.0324. The molecule has 0 spiro atoms. The van der Waals surface area contributed by atoms with Crippen molar-refractivity contribution in [1.82, 2.24) is 4.98 Å². The van der Waals surface area contributed by atoms with Gasteiger partial charge in [-0.25, -0.2) is 9.78 Å². The SMILES string of the molecule is COc1cc(CC(C)C)nc(C(=O)O)c1. The first-order valence-corrected chi connectivity index (χ1v) is 4.81. The zero-order valence-electron chi connectivity index (χ0n) is 9.15. The number of hydrogen-bond acceptors (Lipinski definition) is 3. The van der Waals surface area contributed by atoms with E-state index < -0.39 is 5.97 Å². The van der Waals surface area contributed by atoms with Crippen LogP contribution in [0, 0.1) is 5.92 Å². The molecule has 0 unspecified atom stereocenters. The molecule has 0 fully saturated rings. The number of methoxy groups -OCH3 is 1. The monoisotopic (exact) mass is 209 g/mol. The van der Waals surface area contributed by atoms with Gasteiger partial charge in [0.25, 0.3) is 0 Å². The third-order valence-corrected chi connectivity index (χ3v) is 1.92. The number of aromatic nitrogens is 1. The lowest BCUT2D eigenvalue weighted by atomic mass is 10.1. The number of nitrogens with zero attached hydrogens (tertiary/aromatic N) is 1. The molecule has 1 aromatic rings. The van der Waals surface area contributed by atoms with E-state index in [1.165, 1.54) is 13.2 Å². The third-order valence-electron chi connectivity index (χ3n) is 1.92. The van der Waals surface area contributed by atoms with Gasteiger partial charge in [-0.1, -0.05) is 13.8 Å². The molecule has 82 valence electrons. The van der Waals surface area contributed by atoms with E-state index in [0.717, 1.165) is 12.1 Å². The van der Waals surface area contributed by atoms with E-state index in [1.54, 1.807) is 6.07 Å². The molecule has 0 amide bonds. The molecule has 0 atom stereocenters. The molecule has 4 nitrogen and oxygen atoms in total. The normalized spacial score (nSPS) is 10.4. The number of carboxylic acids is 1. The van der Waals surface area contributed by atoms with Crippen LogP contribution in [0.5, 0.6) is 5.75 Å². The van der Waals surface area contributed by atoms with Gasteiger partial charge in [-0.15, -0.1) is 0 Å². The van der Waals surface area contributed by atoms with Gasteiger partial charge < -0.3 is 9.84 Å². The second kappa shape index (κ2) is 4.77. The topological polar surface area (TPSA) is 59.4 Å². The number of hydrogen-bond donors (Lipinski definition) is 1. The Kier molecular flexibility index (Phi) is 3.66. The highest BCUT2D eigenvalue weighted by Gasteiger charge is 2.10. The second-order valence-electron chi connectivity index (χ2n) is 3.79. The zero-order valence-corrected chi connectivity index (χ0v) is 9.15. The van der Waals surface area contributed by atoms with Crippen molar-refractivity contribution in [3.63, 3.8) is 0 Å². The molecule has 0 saturated carbocycles. The minimum Gasteiger partial charge on any atom is -0.497 e. The summed E-state index contributed by atoms with van der Waals surface area (Å²) in [6.45, 7) is 4.11. The molecule has 0 aliphatic carbocycles. The van der Waals surface area contributed by atoms with Gasteiger partial charge in [-0.3, -0.25) is 0 Å². The summed E-state index contributed by atoms with van der Waals surface area (Å²) in [5.74, 6) is -0.0526. The van der Waals surface area contributed by atoms with Crippen LogP contribution in [0.25, 0.3) is 0 Å². The molecular weight excluding hydrogens is 194 g/mol. The molecule has 4 heteroatoms. The number of ether oxygens (including phenoxy) is 1. The van der Waals surface area contributed by atoms with Gasteiger partial charge in [0.15, 0.2) is 5.69 Å². The van der Waals surface area contributed by atoms with E-state index in [0.29, 0.717) is 11.7 Å². The first kappa shape index (κ1) is 11.5. The summed E-state index contributed by atoms with van der Waals surface area (Å²) < 4.78 is 5.02. The summed E-state index contributed by atoms with van der Waals surface area (Å²) in [5, 5.41) is 8.85. The molecule has 1 N–H and O–H groups in total. The van der Waals surface area contributed by atoms with Crippen LogP contribution >= 0.6 is 0 Å². The van der Waals surface area contributed by atoms with E-state index in [-0.39, 0.29) is 5.69 Å². The van der Waals surface area contributed by atoms with Crippen LogP contribution in [0.1, 0.15) is 30.0 Å². The lowest BCUT2D eigenvalue weighted by Crippen LogP contribution is -2.06. The first-order chi connectivity index (χ1) is 7.02. The second-order valence-corrected chi connectivity index (χ2v) is 3.79. The summed E-state index contributed by atoms with van der Waals surface area (Å²) in [4.78, 5) is 14.8. The lowest BCUT2D eigenvalue weighted by Gasteiger charge is -2.07. The number of carboxylic acid groups (broad SMARTS) is 1. The number of rotatable bonds is 4. The van der Waals surface area contributed by atoms with Crippen molar-refractivity contribution >= 4 is 5.97 Å². The Morgan fingerprint density at radius 2 is 2.20 bits per heavy atom. The molecular formula is C11H15NO3. The first-order valence-electron chi connectivity index (χ1n) is 4.81. The number of aromatic carboxylic acids is 1. The molecule has 0 aliphatic heterocycles. The molecule has 0 saturated heterocycles. The average Bonchev–Trinajstić information content (AvgIpc) is 2.16. The largest absolute Gasteiger partial charge is 0.497 e. The van der Waals surface area contributed by atoms with E-state index >= 15 is 0 Å². The fraction of sp³-hybridized carbons (Fsp3) is 0.455. The highest BCUT2D eigenvalue weighted by molar-refractivity contribution is 5.85. The number of carbonyl (C=O) groups is 1. The fourth-order valence-corrected chi connectivity index (χ4v) is 1.31. The van der Waals surface area contributed by atoms with Gasteiger partial charge in [0.2, 0.25) is 0 Å². The van der Waals surface area contributed by atoms with E-state index in [1.807, 2.05) is 0 Å². The van der Waals surface area contributed by atoms with Crippen molar-refractivity contribution in [3.8, 4) is 5.75 Å². The molecule has 1 heterocycles. The van der Waals surface area contributed by atoms with E-state index in [2.05, 4.69) is 18.8 Å². The van der Waals surface area contributed by atoms with Crippen molar-refractivity contribution in [2.75, 3.05) is 7.11 Å². The van der Waals surface area contributed by atoms with Crippen LogP contribution < -0.4 is 4.74 Å².